The van der Waals surface area contributed by atoms with Crippen LogP contribution in [0.15, 0.2) is 82.1 Å². The molecule has 8 nitrogen and oxygen atoms in total. The Hall–Kier alpha value is -3.60. The molecule has 3 aromatic carbocycles. The number of nitrogens with one attached hydrogen (secondary N) is 2. The molecule has 1 fully saturated rings. The Morgan fingerprint density at radius 2 is 1.63 bits per heavy atom. The summed E-state index contributed by atoms with van der Waals surface area (Å²) in [5, 5.41) is 5.70. The quantitative estimate of drug-likeness (QED) is 0.387. The van der Waals surface area contributed by atoms with E-state index in [0.717, 1.165) is 29.5 Å². The van der Waals surface area contributed by atoms with Crippen molar-refractivity contribution in [3.8, 4) is 11.5 Å². The summed E-state index contributed by atoms with van der Waals surface area (Å²) in [6.45, 7) is 1.06. The van der Waals surface area contributed by atoms with Gasteiger partial charge in [0.1, 0.15) is 5.52 Å². The number of rotatable bonds is 5. The molecule has 1 amide bonds. The molecule has 0 bridgehead atoms. The molecule has 5 rings (SSSR count). The number of carbonyl (C=O) groups excluding carboxylic acids is 1. The standard InChI is InChI=1S/C25H22N4O4S2/c30-23(17-9-13-20(14-10-17)35(31,32)29-15-3-4-16-29)28-25(34)26-19-11-7-18(8-12-19)24-27-21-5-1-2-6-22(21)33-24/h1-2,5-14H,3-4,15-16H2,(H2,26,28,30,34). The molecule has 1 aromatic heterocycles. The van der Waals surface area contributed by atoms with Crippen molar-refractivity contribution < 1.29 is 17.6 Å². The molecule has 0 spiro atoms. The minimum atomic E-state index is -3.52. The van der Waals surface area contributed by atoms with Gasteiger partial charge in [0.15, 0.2) is 10.7 Å². The van der Waals surface area contributed by atoms with Crippen LogP contribution in [0.3, 0.4) is 0 Å². The van der Waals surface area contributed by atoms with E-state index in [9.17, 15) is 13.2 Å². The topological polar surface area (TPSA) is 105 Å². The van der Waals surface area contributed by atoms with E-state index in [1.54, 1.807) is 12.1 Å². The van der Waals surface area contributed by atoms with Gasteiger partial charge < -0.3 is 9.73 Å². The van der Waals surface area contributed by atoms with Gasteiger partial charge in [-0.3, -0.25) is 10.1 Å². The summed E-state index contributed by atoms with van der Waals surface area (Å²) < 4.78 is 32.5. The molecule has 1 aliphatic rings. The Balaban J connectivity index is 1.20. The van der Waals surface area contributed by atoms with Crippen LogP contribution < -0.4 is 10.6 Å². The maximum absolute atomic E-state index is 12.6. The van der Waals surface area contributed by atoms with Crippen molar-refractivity contribution in [1.82, 2.24) is 14.6 Å². The van der Waals surface area contributed by atoms with Crippen molar-refractivity contribution in [2.75, 3.05) is 18.4 Å². The van der Waals surface area contributed by atoms with Gasteiger partial charge in [-0.05, 0) is 85.7 Å². The van der Waals surface area contributed by atoms with Crippen molar-refractivity contribution in [1.29, 1.82) is 0 Å². The highest BCUT2D eigenvalue weighted by Gasteiger charge is 2.27. The number of amides is 1. The Morgan fingerprint density at radius 3 is 2.31 bits per heavy atom. The molecule has 0 radical (unpaired) electrons. The number of thiocarbonyl (C=S) groups is 1. The number of fused-ring (bicyclic) bond motifs is 1. The van der Waals surface area contributed by atoms with Crippen molar-refractivity contribution >= 4 is 50.0 Å². The Bertz CT molecular complexity index is 1460. The van der Waals surface area contributed by atoms with Crippen LogP contribution in [-0.4, -0.2) is 41.8 Å². The molecule has 4 aromatic rings. The van der Waals surface area contributed by atoms with Gasteiger partial charge >= 0.3 is 0 Å². The molecule has 0 saturated carbocycles. The van der Waals surface area contributed by atoms with Gasteiger partial charge in [-0.15, -0.1) is 0 Å². The lowest BCUT2D eigenvalue weighted by molar-refractivity contribution is 0.0977. The molecule has 35 heavy (non-hydrogen) atoms. The van der Waals surface area contributed by atoms with Gasteiger partial charge in [0.2, 0.25) is 15.9 Å². The summed E-state index contributed by atoms with van der Waals surface area (Å²) in [7, 11) is -3.52. The van der Waals surface area contributed by atoms with Gasteiger partial charge in [0, 0.05) is 29.9 Å². The first-order valence-corrected chi connectivity index (χ1v) is 12.9. The number of aromatic nitrogens is 1. The van der Waals surface area contributed by atoms with Crippen LogP contribution in [0.1, 0.15) is 23.2 Å². The molecule has 1 saturated heterocycles. The second-order valence-electron chi connectivity index (χ2n) is 8.11. The average Bonchev–Trinajstić information content (AvgIpc) is 3.55. The highest BCUT2D eigenvalue weighted by molar-refractivity contribution is 7.89. The number of oxazole rings is 1. The number of hydrogen-bond donors (Lipinski definition) is 2. The maximum Gasteiger partial charge on any atom is 0.257 e. The van der Waals surface area contributed by atoms with Crippen LogP contribution in [0.2, 0.25) is 0 Å². The summed E-state index contributed by atoms with van der Waals surface area (Å²) in [6.07, 6.45) is 1.73. The van der Waals surface area contributed by atoms with Crippen molar-refractivity contribution in [2.24, 2.45) is 0 Å². The van der Waals surface area contributed by atoms with Crippen LogP contribution in [0.4, 0.5) is 5.69 Å². The average molecular weight is 507 g/mol. The first-order chi connectivity index (χ1) is 16.9. The third-order valence-electron chi connectivity index (χ3n) is 5.73. The predicted octanol–water partition coefficient (Wildman–Crippen LogP) is 4.41. The molecule has 2 heterocycles. The second kappa shape index (κ2) is 9.57. The lowest BCUT2D eigenvalue weighted by Crippen LogP contribution is -2.34. The van der Waals surface area contributed by atoms with Crippen LogP contribution in [0, 0.1) is 0 Å². The summed E-state index contributed by atoms with van der Waals surface area (Å²) in [4.78, 5) is 17.2. The number of carbonyl (C=O) groups is 1. The van der Waals surface area contributed by atoms with E-state index in [1.165, 1.54) is 28.6 Å². The molecule has 1 aliphatic heterocycles. The molecular formula is C25H22N4O4S2. The van der Waals surface area contributed by atoms with E-state index in [2.05, 4.69) is 15.6 Å². The van der Waals surface area contributed by atoms with Gasteiger partial charge in [0.25, 0.3) is 5.91 Å². The monoisotopic (exact) mass is 506 g/mol. The zero-order valence-electron chi connectivity index (χ0n) is 18.6. The number of hydrogen-bond acceptors (Lipinski definition) is 6. The SMILES string of the molecule is O=C(NC(=S)Nc1ccc(-c2nc3ccccc3o2)cc1)c1ccc(S(=O)(=O)N2CCCC2)cc1. The largest absolute Gasteiger partial charge is 0.436 e. The molecule has 2 N–H and O–H groups in total. The first-order valence-electron chi connectivity index (χ1n) is 11.1. The smallest absolute Gasteiger partial charge is 0.257 e. The molecular weight excluding hydrogens is 484 g/mol. The minimum Gasteiger partial charge on any atom is -0.436 e. The van der Waals surface area contributed by atoms with Crippen LogP contribution in [-0.2, 0) is 10.0 Å². The molecule has 0 atom stereocenters. The zero-order chi connectivity index (χ0) is 24.4. The number of nitrogens with zero attached hydrogens (tertiary/aromatic N) is 2. The molecule has 0 unspecified atom stereocenters. The first kappa shape index (κ1) is 23.2. The van der Waals surface area contributed by atoms with E-state index in [1.807, 2.05) is 36.4 Å². The lowest BCUT2D eigenvalue weighted by atomic mass is 10.2. The normalized spacial score (nSPS) is 14.2. The number of anilines is 1. The minimum absolute atomic E-state index is 0.123. The molecule has 178 valence electrons. The summed E-state index contributed by atoms with van der Waals surface area (Å²) in [5.41, 5.74) is 3.30. The van der Waals surface area contributed by atoms with Crippen molar-refractivity contribution in [3.05, 3.63) is 78.4 Å². The fourth-order valence-electron chi connectivity index (χ4n) is 3.89. The van der Waals surface area contributed by atoms with E-state index in [-0.39, 0.29) is 10.0 Å². The summed E-state index contributed by atoms with van der Waals surface area (Å²) in [5.74, 6) is 0.0829. The summed E-state index contributed by atoms with van der Waals surface area (Å²) >= 11 is 5.26. The number of benzene rings is 3. The van der Waals surface area contributed by atoms with Gasteiger partial charge in [-0.2, -0.15) is 4.31 Å². The van der Waals surface area contributed by atoms with Gasteiger partial charge in [-0.25, -0.2) is 13.4 Å². The van der Waals surface area contributed by atoms with E-state index < -0.39 is 15.9 Å². The fourth-order valence-corrected chi connectivity index (χ4v) is 5.61. The van der Waals surface area contributed by atoms with Crippen LogP contribution >= 0.6 is 12.2 Å². The van der Waals surface area contributed by atoms with Crippen molar-refractivity contribution in [2.45, 2.75) is 17.7 Å². The predicted molar refractivity (Wildman–Crippen MR) is 138 cm³/mol. The van der Waals surface area contributed by atoms with E-state index in [4.69, 9.17) is 16.6 Å². The molecule has 10 heteroatoms. The molecule has 0 aliphatic carbocycles. The third-order valence-corrected chi connectivity index (χ3v) is 7.85. The zero-order valence-corrected chi connectivity index (χ0v) is 20.2. The lowest BCUT2D eigenvalue weighted by Gasteiger charge is -2.15. The van der Waals surface area contributed by atoms with Crippen LogP contribution in [0.5, 0.6) is 0 Å². The Kier molecular flexibility index (Phi) is 6.33. The third kappa shape index (κ3) is 4.95. The fraction of sp³-hybridized carbons (Fsp3) is 0.160. The highest BCUT2D eigenvalue weighted by Crippen LogP contribution is 2.25. The maximum atomic E-state index is 12.6. The highest BCUT2D eigenvalue weighted by atomic mass is 32.2. The summed E-state index contributed by atoms with van der Waals surface area (Å²) in [6, 6.07) is 20.7. The van der Waals surface area contributed by atoms with Crippen molar-refractivity contribution in [3.63, 3.8) is 0 Å². The number of sulfonamides is 1. The number of para-hydroxylation sites is 2. The van der Waals surface area contributed by atoms with Gasteiger partial charge in [-0.1, -0.05) is 12.1 Å². The van der Waals surface area contributed by atoms with E-state index >= 15 is 0 Å². The van der Waals surface area contributed by atoms with E-state index in [0.29, 0.717) is 30.2 Å². The Labute approximate surface area is 208 Å². The Morgan fingerprint density at radius 1 is 0.943 bits per heavy atom. The van der Waals surface area contributed by atoms with Gasteiger partial charge in [0.05, 0.1) is 4.90 Å². The van der Waals surface area contributed by atoms with Crippen LogP contribution in [0.25, 0.3) is 22.6 Å². The second-order valence-corrected chi connectivity index (χ2v) is 10.5.